The lowest BCUT2D eigenvalue weighted by Crippen LogP contribution is -2.13. The first kappa shape index (κ1) is 14.3. The third-order valence-electron chi connectivity index (χ3n) is 2.56. The summed E-state index contributed by atoms with van der Waals surface area (Å²) >= 11 is 8.02. The molecule has 1 amide bonds. The van der Waals surface area contributed by atoms with Crippen LogP contribution >= 0.6 is 34.2 Å². The van der Waals surface area contributed by atoms with Crippen molar-refractivity contribution in [2.75, 3.05) is 5.32 Å². The van der Waals surface area contributed by atoms with Gasteiger partial charge in [0.15, 0.2) is 0 Å². The van der Waals surface area contributed by atoms with Gasteiger partial charge in [-0.15, -0.1) is 0 Å². The van der Waals surface area contributed by atoms with Crippen LogP contribution in [0, 0.1) is 3.57 Å². The third kappa shape index (κ3) is 3.48. The summed E-state index contributed by atoms with van der Waals surface area (Å²) in [5.41, 5.74) is 1.24. The highest BCUT2D eigenvalue weighted by Crippen LogP contribution is 2.19. The third-order valence-corrected chi connectivity index (χ3v) is 3.74. The van der Waals surface area contributed by atoms with E-state index in [0.717, 1.165) is 3.57 Å². The minimum Gasteiger partial charge on any atom is -0.319 e. The number of halogens is 2. The largest absolute Gasteiger partial charge is 0.319 e. The van der Waals surface area contributed by atoms with Crippen molar-refractivity contribution in [3.63, 3.8) is 0 Å². The summed E-state index contributed by atoms with van der Waals surface area (Å²) in [7, 11) is 0. The Morgan fingerprint density at radius 2 is 2.21 bits per heavy atom. The number of hydrogen-bond acceptors (Lipinski definition) is 2. The molecule has 100 valence electrons. The van der Waals surface area contributed by atoms with Gasteiger partial charge in [-0.1, -0.05) is 11.6 Å². The van der Waals surface area contributed by atoms with Crippen molar-refractivity contribution in [3.8, 4) is 0 Å². The molecule has 0 saturated heterocycles. The predicted octanol–water partition coefficient (Wildman–Crippen LogP) is 3.97. The molecular formula is C13H13ClIN3O. The van der Waals surface area contributed by atoms with Gasteiger partial charge in [-0.3, -0.25) is 9.48 Å². The zero-order valence-corrected chi connectivity index (χ0v) is 13.4. The Hall–Kier alpha value is -1.08. The van der Waals surface area contributed by atoms with Crippen molar-refractivity contribution in [1.82, 2.24) is 9.78 Å². The van der Waals surface area contributed by atoms with Gasteiger partial charge >= 0.3 is 0 Å². The molecule has 2 rings (SSSR count). The summed E-state index contributed by atoms with van der Waals surface area (Å²) in [6, 6.07) is 5.49. The van der Waals surface area contributed by atoms with E-state index in [-0.39, 0.29) is 11.9 Å². The highest BCUT2D eigenvalue weighted by Gasteiger charge is 2.12. The average Bonchev–Trinajstić information content (AvgIpc) is 2.80. The molecule has 6 heteroatoms. The van der Waals surface area contributed by atoms with Crippen LogP contribution in [0.3, 0.4) is 0 Å². The lowest BCUT2D eigenvalue weighted by molar-refractivity contribution is 0.102. The van der Waals surface area contributed by atoms with Gasteiger partial charge in [0.05, 0.1) is 17.4 Å². The van der Waals surface area contributed by atoms with Crippen LogP contribution in [0.2, 0.25) is 5.02 Å². The smallest absolute Gasteiger partial charge is 0.256 e. The monoisotopic (exact) mass is 389 g/mol. The SMILES string of the molecule is CC(C)n1cc(NC(=O)c2cc(Cl)ccc2I)cn1. The molecule has 0 unspecified atom stereocenters. The first-order valence-corrected chi connectivity index (χ1v) is 7.23. The van der Waals surface area contributed by atoms with E-state index in [0.29, 0.717) is 16.3 Å². The maximum absolute atomic E-state index is 12.2. The number of carbonyl (C=O) groups is 1. The maximum Gasteiger partial charge on any atom is 0.256 e. The van der Waals surface area contributed by atoms with Crippen LogP contribution in [0.15, 0.2) is 30.6 Å². The van der Waals surface area contributed by atoms with Gasteiger partial charge in [-0.2, -0.15) is 5.10 Å². The van der Waals surface area contributed by atoms with E-state index < -0.39 is 0 Å². The molecule has 1 aromatic carbocycles. The number of hydrogen-bond donors (Lipinski definition) is 1. The van der Waals surface area contributed by atoms with Crippen LogP contribution in [0.25, 0.3) is 0 Å². The number of nitrogens with zero attached hydrogens (tertiary/aromatic N) is 2. The first-order valence-electron chi connectivity index (χ1n) is 5.78. The van der Waals surface area contributed by atoms with E-state index in [4.69, 9.17) is 11.6 Å². The van der Waals surface area contributed by atoms with E-state index in [2.05, 4.69) is 33.0 Å². The molecule has 0 bridgehead atoms. The van der Waals surface area contributed by atoms with Crippen LogP contribution in [0.4, 0.5) is 5.69 Å². The topological polar surface area (TPSA) is 46.9 Å². The number of anilines is 1. The fraction of sp³-hybridized carbons (Fsp3) is 0.231. The van der Waals surface area contributed by atoms with Crippen LogP contribution < -0.4 is 5.32 Å². The Morgan fingerprint density at radius 3 is 2.84 bits per heavy atom. The summed E-state index contributed by atoms with van der Waals surface area (Å²) in [5, 5.41) is 7.54. The number of nitrogens with one attached hydrogen (secondary N) is 1. The van der Waals surface area contributed by atoms with Crippen molar-refractivity contribution < 1.29 is 4.79 Å². The Morgan fingerprint density at radius 1 is 1.47 bits per heavy atom. The van der Waals surface area contributed by atoms with Gasteiger partial charge in [0.25, 0.3) is 5.91 Å². The molecule has 1 N–H and O–H groups in total. The van der Waals surface area contributed by atoms with Gasteiger partial charge in [-0.05, 0) is 54.6 Å². The van der Waals surface area contributed by atoms with Crippen LogP contribution in [0.1, 0.15) is 30.2 Å². The van der Waals surface area contributed by atoms with Crippen LogP contribution in [-0.4, -0.2) is 15.7 Å². The summed E-state index contributed by atoms with van der Waals surface area (Å²) in [4.78, 5) is 12.2. The highest BCUT2D eigenvalue weighted by atomic mass is 127. The van der Waals surface area contributed by atoms with Gasteiger partial charge in [-0.25, -0.2) is 0 Å². The van der Waals surface area contributed by atoms with Crippen molar-refractivity contribution in [2.24, 2.45) is 0 Å². The summed E-state index contributed by atoms with van der Waals surface area (Å²) < 4.78 is 2.65. The highest BCUT2D eigenvalue weighted by molar-refractivity contribution is 14.1. The number of carbonyl (C=O) groups excluding carboxylic acids is 1. The molecule has 2 aromatic rings. The number of rotatable bonds is 3. The molecule has 0 saturated carbocycles. The molecule has 1 heterocycles. The van der Waals surface area contributed by atoms with Crippen LogP contribution in [0.5, 0.6) is 0 Å². The molecule has 0 aliphatic carbocycles. The second kappa shape index (κ2) is 5.92. The summed E-state index contributed by atoms with van der Waals surface area (Å²) in [5.74, 6) is -0.185. The van der Waals surface area contributed by atoms with E-state index in [9.17, 15) is 4.79 Å². The second-order valence-corrected chi connectivity index (χ2v) is 5.98. The molecule has 0 fully saturated rings. The van der Waals surface area contributed by atoms with Crippen molar-refractivity contribution in [2.45, 2.75) is 19.9 Å². The molecule has 1 aromatic heterocycles. The maximum atomic E-state index is 12.2. The molecule has 0 atom stereocenters. The lowest BCUT2D eigenvalue weighted by Gasteiger charge is -2.06. The number of aromatic nitrogens is 2. The van der Waals surface area contributed by atoms with Crippen LogP contribution in [-0.2, 0) is 0 Å². The van der Waals surface area contributed by atoms with Crippen molar-refractivity contribution in [3.05, 3.63) is 44.7 Å². The summed E-state index contributed by atoms with van der Waals surface area (Å²) in [6.07, 6.45) is 3.44. The molecule has 0 aliphatic rings. The Kier molecular flexibility index (Phi) is 4.46. The number of benzene rings is 1. The average molecular weight is 390 g/mol. The van der Waals surface area contributed by atoms with Gasteiger partial charge < -0.3 is 5.32 Å². The minimum atomic E-state index is -0.185. The zero-order chi connectivity index (χ0) is 14.0. The second-order valence-electron chi connectivity index (χ2n) is 4.38. The molecule has 0 aliphatic heterocycles. The Bertz CT molecular complexity index is 610. The molecular weight excluding hydrogens is 377 g/mol. The molecule has 0 radical (unpaired) electrons. The van der Waals surface area contributed by atoms with E-state index in [1.807, 2.05) is 19.9 Å². The molecule has 4 nitrogen and oxygen atoms in total. The van der Waals surface area contributed by atoms with E-state index in [1.165, 1.54) is 0 Å². The minimum absolute atomic E-state index is 0.185. The normalized spacial score (nSPS) is 10.8. The predicted molar refractivity (Wildman–Crippen MR) is 84.7 cm³/mol. The fourth-order valence-corrected chi connectivity index (χ4v) is 2.31. The summed E-state index contributed by atoms with van der Waals surface area (Å²) in [6.45, 7) is 4.05. The molecule has 19 heavy (non-hydrogen) atoms. The Labute approximate surface area is 130 Å². The molecule has 0 spiro atoms. The number of amides is 1. The zero-order valence-electron chi connectivity index (χ0n) is 10.5. The lowest BCUT2D eigenvalue weighted by atomic mass is 10.2. The quantitative estimate of drug-likeness (QED) is 0.807. The van der Waals surface area contributed by atoms with E-state index in [1.54, 1.807) is 29.2 Å². The van der Waals surface area contributed by atoms with Gasteiger partial charge in [0.2, 0.25) is 0 Å². The standard InChI is InChI=1S/C13H13ClIN3O/c1-8(2)18-7-10(6-16-18)17-13(19)11-5-9(14)3-4-12(11)15/h3-8H,1-2H3,(H,17,19). The Balaban J connectivity index is 2.18. The first-order chi connectivity index (χ1) is 8.97. The van der Waals surface area contributed by atoms with Crippen molar-refractivity contribution in [1.29, 1.82) is 0 Å². The van der Waals surface area contributed by atoms with E-state index >= 15 is 0 Å². The van der Waals surface area contributed by atoms with Gasteiger partial charge in [0.1, 0.15) is 0 Å². The fourth-order valence-electron chi connectivity index (χ4n) is 1.55. The van der Waals surface area contributed by atoms with Gasteiger partial charge in [0, 0.05) is 20.8 Å². The van der Waals surface area contributed by atoms with Crippen molar-refractivity contribution >= 4 is 45.8 Å².